The molecule has 8 heteroatoms. The second-order valence-corrected chi connectivity index (χ2v) is 9.85. The third-order valence-corrected chi connectivity index (χ3v) is 7.95. The van der Waals surface area contributed by atoms with Gasteiger partial charge >= 0.3 is 0 Å². The number of benzene rings is 1. The summed E-state index contributed by atoms with van der Waals surface area (Å²) < 4.78 is 0. The van der Waals surface area contributed by atoms with Crippen molar-refractivity contribution in [2.24, 2.45) is 0 Å². The summed E-state index contributed by atoms with van der Waals surface area (Å²) in [6, 6.07) is 9.03. The smallest absolute Gasteiger partial charge is 0.268 e. The molecular weight excluding hydrogens is 480 g/mol. The normalized spacial score (nSPS) is 19.4. The molecule has 1 fully saturated rings. The Balaban J connectivity index is 1.64. The van der Waals surface area contributed by atoms with Crippen LogP contribution in [0.2, 0.25) is 5.02 Å². The van der Waals surface area contributed by atoms with E-state index in [1.165, 1.54) is 11.3 Å². The Morgan fingerprint density at radius 1 is 1.20 bits per heavy atom. The molecular formula is C27H23ClN4O2S. The van der Waals surface area contributed by atoms with Crippen molar-refractivity contribution in [3.05, 3.63) is 111 Å². The highest BCUT2D eigenvalue weighted by Crippen LogP contribution is 2.50. The van der Waals surface area contributed by atoms with Crippen LogP contribution < -0.4 is 0 Å². The number of rotatable bonds is 5. The van der Waals surface area contributed by atoms with E-state index in [1.807, 2.05) is 44.2 Å². The second kappa shape index (κ2) is 8.91. The zero-order valence-electron chi connectivity index (χ0n) is 19.4. The third-order valence-electron chi connectivity index (χ3n) is 6.41. The van der Waals surface area contributed by atoms with Crippen LogP contribution in [0.5, 0.6) is 0 Å². The molecule has 2 amide bonds. The average Bonchev–Trinajstić information content (AvgIpc) is 3.51. The molecule has 5 rings (SSSR count). The van der Waals surface area contributed by atoms with Gasteiger partial charge in [0.1, 0.15) is 9.88 Å². The lowest BCUT2D eigenvalue weighted by molar-refractivity contribution is 0.0377. The van der Waals surface area contributed by atoms with Crippen molar-refractivity contribution in [3.63, 3.8) is 0 Å². The molecule has 0 radical (unpaired) electrons. The fraction of sp³-hybridized carbons (Fsp3) is 0.185. The van der Waals surface area contributed by atoms with Crippen molar-refractivity contribution in [2.75, 3.05) is 13.1 Å². The van der Waals surface area contributed by atoms with E-state index >= 15 is 0 Å². The summed E-state index contributed by atoms with van der Waals surface area (Å²) >= 11 is 7.55. The van der Waals surface area contributed by atoms with Crippen LogP contribution in [0.15, 0.2) is 73.6 Å². The lowest BCUT2D eigenvalue weighted by atomic mass is 9.91. The molecule has 2 aliphatic rings. The van der Waals surface area contributed by atoms with Gasteiger partial charge in [-0.05, 0) is 37.6 Å². The van der Waals surface area contributed by atoms with Gasteiger partial charge in [0, 0.05) is 41.6 Å². The minimum absolute atomic E-state index is 0.109. The highest BCUT2D eigenvalue weighted by Gasteiger charge is 2.60. The zero-order chi connectivity index (χ0) is 24.7. The van der Waals surface area contributed by atoms with E-state index in [4.69, 9.17) is 11.6 Å². The quantitative estimate of drug-likeness (QED) is 0.435. The Hall–Kier alpha value is -3.55. The number of pyridine rings is 1. The van der Waals surface area contributed by atoms with Gasteiger partial charge in [-0.25, -0.2) is 4.98 Å². The summed E-state index contributed by atoms with van der Waals surface area (Å²) in [5.74, 6) is -0.273. The van der Waals surface area contributed by atoms with Crippen LogP contribution in [-0.4, -0.2) is 44.7 Å². The topological polar surface area (TPSA) is 66.4 Å². The van der Waals surface area contributed by atoms with Crippen LogP contribution in [0.1, 0.15) is 48.8 Å². The molecule has 0 bridgehead atoms. The molecule has 6 nitrogen and oxygen atoms in total. The molecule has 0 N–H and O–H groups in total. The maximum absolute atomic E-state index is 14.1. The summed E-state index contributed by atoms with van der Waals surface area (Å²) in [5.41, 5.74) is 2.58. The number of amides is 2. The fourth-order valence-corrected chi connectivity index (χ4v) is 5.97. The number of hydrogen-bond acceptors (Lipinski definition) is 5. The molecule has 2 aromatic heterocycles. The maximum Gasteiger partial charge on any atom is 0.268 e. The Labute approximate surface area is 212 Å². The van der Waals surface area contributed by atoms with Crippen molar-refractivity contribution in [1.82, 2.24) is 19.8 Å². The van der Waals surface area contributed by atoms with Gasteiger partial charge in [0.2, 0.25) is 0 Å². The molecule has 35 heavy (non-hydrogen) atoms. The van der Waals surface area contributed by atoms with Crippen molar-refractivity contribution in [3.8, 4) is 0 Å². The molecule has 3 aromatic rings. The Morgan fingerprint density at radius 3 is 2.71 bits per heavy atom. The van der Waals surface area contributed by atoms with E-state index in [2.05, 4.69) is 16.5 Å². The molecule has 0 aliphatic carbocycles. The summed E-state index contributed by atoms with van der Waals surface area (Å²) in [5, 5.41) is 1.36. The van der Waals surface area contributed by atoms with Gasteiger partial charge in [-0.2, -0.15) is 0 Å². The molecule has 0 saturated carbocycles. The number of carbonyl (C=O) groups excluding carboxylic acids is 2. The number of fused-ring (bicyclic) bond motifs is 3. The number of halogens is 1. The highest BCUT2D eigenvalue weighted by molar-refractivity contribution is 7.14. The molecule has 1 saturated heterocycles. The molecule has 0 spiro atoms. The number of thiazole rings is 1. The van der Waals surface area contributed by atoms with E-state index < -0.39 is 5.66 Å². The first-order valence-corrected chi connectivity index (χ1v) is 12.4. The highest BCUT2D eigenvalue weighted by atomic mass is 35.5. The largest absolute Gasteiger partial charge is 0.306 e. The Kier molecular flexibility index (Phi) is 5.91. The zero-order valence-corrected chi connectivity index (χ0v) is 20.9. The number of aryl methyl sites for hydroxylation is 1. The van der Waals surface area contributed by atoms with Gasteiger partial charge in [0.25, 0.3) is 11.8 Å². The molecule has 2 aliphatic heterocycles. The summed E-state index contributed by atoms with van der Waals surface area (Å²) in [4.78, 5) is 40.6. The standard InChI is InChI=1S/C27H23ClN4O2S/c1-4-5-6-7-17(2)24-30-18(3)23(35-24)26(34)32-15-14-31-25(33)21-12-13-29-16-22(21)27(31,32)19-8-10-20(28)11-9-19/h4-13,16H,1,14-15H2,2-3H3/b6-5-,17-7+. The molecule has 1 aromatic carbocycles. The fourth-order valence-electron chi connectivity index (χ4n) is 4.85. The van der Waals surface area contributed by atoms with E-state index in [1.54, 1.807) is 46.5 Å². The number of allylic oxidation sites excluding steroid dienone is 5. The van der Waals surface area contributed by atoms with Crippen molar-refractivity contribution >= 4 is 40.3 Å². The van der Waals surface area contributed by atoms with E-state index in [0.29, 0.717) is 39.8 Å². The average molecular weight is 503 g/mol. The second-order valence-electron chi connectivity index (χ2n) is 8.42. The minimum atomic E-state index is -1.09. The van der Waals surface area contributed by atoms with E-state index in [-0.39, 0.29) is 11.8 Å². The summed E-state index contributed by atoms with van der Waals surface area (Å²) in [6.45, 7) is 8.30. The first-order valence-electron chi connectivity index (χ1n) is 11.2. The van der Waals surface area contributed by atoms with Crippen molar-refractivity contribution in [1.29, 1.82) is 0 Å². The van der Waals surface area contributed by atoms with Crippen LogP contribution in [0.25, 0.3) is 5.57 Å². The Bertz CT molecular complexity index is 1410. The number of aromatic nitrogens is 2. The number of nitrogens with zero attached hydrogens (tertiary/aromatic N) is 4. The number of carbonyl (C=O) groups is 2. The number of hydrogen-bond donors (Lipinski definition) is 0. The predicted octanol–water partition coefficient (Wildman–Crippen LogP) is 5.46. The van der Waals surface area contributed by atoms with Gasteiger partial charge in [-0.1, -0.05) is 54.6 Å². The van der Waals surface area contributed by atoms with Gasteiger partial charge < -0.3 is 9.80 Å². The van der Waals surface area contributed by atoms with Crippen LogP contribution >= 0.6 is 22.9 Å². The van der Waals surface area contributed by atoms with Crippen molar-refractivity contribution in [2.45, 2.75) is 19.5 Å². The van der Waals surface area contributed by atoms with Gasteiger partial charge in [-0.15, -0.1) is 11.3 Å². The van der Waals surface area contributed by atoms with E-state index in [9.17, 15) is 9.59 Å². The van der Waals surface area contributed by atoms with Gasteiger partial charge in [0.15, 0.2) is 5.66 Å². The van der Waals surface area contributed by atoms with Crippen LogP contribution in [0.3, 0.4) is 0 Å². The predicted molar refractivity (Wildman–Crippen MR) is 138 cm³/mol. The minimum Gasteiger partial charge on any atom is -0.306 e. The maximum atomic E-state index is 14.1. The first kappa shape index (κ1) is 23.2. The van der Waals surface area contributed by atoms with Gasteiger partial charge in [-0.3, -0.25) is 14.6 Å². The van der Waals surface area contributed by atoms with Crippen LogP contribution in [0.4, 0.5) is 0 Å². The van der Waals surface area contributed by atoms with Crippen molar-refractivity contribution < 1.29 is 9.59 Å². The monoisotopic (exact) mass is 502 g/mol. The van der Waals surface area contributed by atoms with Crippen LogP contribution in [0, 0.1) is 6.92 Å². The lowest BCUT2D eigenvalue weighted by Gasteiger charge is -2.40. The molecule has 176 valence electrons. The molecule has 4 heterocycles. The first-order chi connectivity index (χ1) is 16.9. The van der Waals surface area contributed by atoms with Crippen LogP contribution in [-0.2, 0) is 5.66 Å². The lowest BCUT2D eigenvalue weighted by Crippen LogP contribution is -2.51. The summed E-state index contributed by atoms with van der Waals surface area (Å²) in [6.07, 6.45) is 10.7. The molecule has 1 atom stereocenters. The SMILES string of the molecule is C=C/C=C\C=C(/C)c1nc(C)c(C(=O)N2CCN3C(=O)c4ccncc4C32c2ccc(Cl)cc2)s1. The van der Waals surface area contributed by atoms with Gasteiger partial charge in [0.05, 0.1) is 11.3 Å². The third kappa shape index (κ3) is 3.54. The molecule has 1 unspecified atom stereocenters. The Morgan fingerprint density at radius 2 is 1.97 bits per heavy atom. The van der Waals surface area contributed by atoms with E-state index in [0.717, 1.165) is 16.1 Å². The summed E-state index contributed by atoms with van der Waals surface area (Å²) in [7, 11) is 0.